The maximum absolute atomic E-state index is 10.8. The van der Waals surface area contributed by atoms with Crippen LogP contribution in [0.15, 0.2) is 17.1 Å². The van der Waals surface area contributed by atoms with Gasteiger partial charge < -0.3 is 5.11 Å². The fraction of sp³-hybridized carbons (Fsp3) is 0.100. The molecule has 0 aliphatic heterocycles. The number of aromatic carboxylic acids is 1. The number of carbonyl (C=O) groups excluding carboxylic acids is 1. The highest BCUT2D eigenvalue weighted by atomic mass is 16.4. The van der Waals surface area contributed by atoms with Gasteiger partial charge in [0.05, 0.1) is 22.9 Å². The lowest BCUT2D eigenvalue weighted by atomic mass is 10.0. The van der Waals surface area contributed by atoms with Crippen molar-refractivity contribution in [1.82, 2.24) is 0 Å². The molecule has 0 saturated heterocycles. The summed E-state index contributed by atoms with van der Waals surface area (Å²) in [6, 6.07) is 4.46. The number of hydrogen-bond donors (Lipinski definition) is 1. The van der Waals surface area contributed by atoms with Crippen molar-refractivity contribution in [2.45, 2.75) is 6.92 Å². The average molecular weight is 202 g/mol. The average Bonchev–Trinajstić information content (AvgIpc) is 2.20. The number of hydrogen-bond acceptors (Lipinski definition) is 4. The summed E-state index contributed by atoms with van der Waals surface area (Å²) in [6.07, 6.45) is 1.29. The number of carboxylic acids is 1. The molecule has 1 aromatic carbocycles. The molecule has 0 aromatic heterocycles. The van der Waals surface area contributed by atoms with E-state index < -0.39 is 5.97 Å². The van der Waals surface area contributed by atoms with Crippen molar-refractivity contribution in [1.29, 1.82) is 5.26 Å². The SMILES string of the molecule is Cc1cc(C#N)cc(C(=O)O)c1N=C=O. The minimum absolute atomic E-state index is 0.0384. The van der Waals surface area contributed by atoms with E-state index in [-0.39, 0.29) is 16.8 Å². The Labute approximate surface area is 85.3 Å². The predicted octanol–water partition coefficient (Wildman–Crippen LogP) is 1.53. The highest BCUT2D eigenvalue weighted by Crippen LogP contribution is 2.25. The summed E-state index contributed by atoms with van der Waals surface area (Å²) < 4.78 is 0. The molecule has 0 aliphatic carbocycles. The first-order chi connectivity index (χ1) is 7.10. The Morgan fingerprint density at radius 1 is 1.53 bits per heavy atom. The van der Waals surface area contributed by atoms with Crippen LogP contribution >= 0.6 is 0 Å². The number of aliphatic imine (C=N–C) groups is 1. The number of carbonyl (C=O) groups is 1. The van der Waals surface area contributed by atoms with E-state index in [1.54, 1.807) is 6.92 Å². The quantitative estimate of drug-likeness (QED) is 0.581. The molecule has 15 heavy (non-hydrogen) atoms. The molecule has 0 heterocycles. The molecule has 1 rings (SSSR count). The van der Waals surface area contributed by atoms with E-state index in [1.165, 1.54) is 18.2 Å². The van der Waals surface area contributed by atoms with Crippen LogP contribution in [-0.4, -0.2) is 17.2 Å². The fourth-order valence-corrected chi connectivity index (χ4v) is 1.20. The Hall–Kier alpha value is -2.44. The molecule has 74 valence electrons. The Balaban J connectivity index is 3.57. The minimum Gasteiger partial charge on any atom is -0.478 e. The zero-order valence-electron chi connectivity index (χ0n) is 7.81. The highest BCUT2D eigenvalue weighted by molar-refractivity contribution is 5.95. The second-order valence-electron chi connectivity index (χ2n) is 2.81. The summed E-state index contributed by atoms with van der Waals surface area (Å²) in [7, 11) is 0. The monoisotopic (exact) mass is 202 g/mol. The lowest BCUT2D eigenvalue weighted by molar-refractivity contribution is 0.0697. The lowest BCUT2D eigenvalue weighted by Gasteiger charge is -2.03. The van der Waals surface area contributed by atoms with Gasteiger partial charge in [0.25, 0.3) is 0 Å². The molecule has 0 fully saturated rings. The number of carboxylic acid groups (broad SMARTS) is 1. The molecule has 5 heteroatoms. The van der Waals surface area contributed by atoms with Crippen molar-refractivity contribution in [3.05, 3.63) is 28.8 Å². The Bertz CT molecular complexity index is 508. The van der Waals surface area contributed by atoms with E-state index in [0.29, 0.717) is 5.56 Å². The number of aryl methyl sites for hydroxylation is 1. The van der Waals surface area contributed by atoms with Gasteiger partial charge in [0.15, 0.2) is 0 Å². The molecule has 1 N–H and O–H groups in total. The van der Waals surface area contributed by atoms with Crippen LogP contribution in [0.1, 0.15) is 21.5 Å². The van der Waals surface area contributed by atoms with Gasteiger partial charge in [0.2, 0.25) is 6.08 Å². The molecule has 5 nitrogen and oxygen atoms in total. The molecule has 1 aromatic rings. The highest BCUT2D eigenvalue weighted by Gasteiger charge is 2.13. The third-order valence-electron chi connectivity index (χ3n) is 1.82. The first kappa shape index (κ1) is 10.6. The van der Waals surface area contributed by atoms with Gasteiger partial charge in [-0.2, -0.15) is 10.3 Å². The van der Waals surface area contributed by atoms with Crippen molar-refractivity contribution < 1.29 is 14.7 Å². The molecule has 0 radical (unpaired) electrons. The molecular formula is C10H6N2O3. The van der Waals surface area contributed by atoms with Crippen molar-refractivity contribution in [3.63, 3.8) is 0 Å². The second-order valence-corrected chi connectivity index (χ2v) is 2.81. The Morgan fingerprint density at radius 3 is 2.67 bits per heavy atom. The van der Waals surface area contributed by atoms with E-state index in [1.807, 2.05) is 6.07 Å². The van der Waals surface area contributed by atoms with Crippen LogP contribution in [0.2, 0.25) is 0 Å². The molecular weight excluding hydrogens is 196 g/mol. The number of isocyanates is 1. The first-order valence-corrected chi connectivity index (χ1v) is 3.96. The van der Waals surface area contributed by atoms with E-state index in [0.717, 1.165) is 0 Å². The molecule has 0 bridgehead atoms. The molecule has 0 spiro atoms. The smallest absolute Gasteiger partial charge is 0.337 e. The third-order valence-corrected chi connectivity index (χ3v) is 1.82. The third kappa shape index (κ3) is 2.08. The van der Waals surface area contributed by atoms with E-state index in [9.17, 15) is 9.59 Å². The Morgan fingerprint density at radius 2 is 2.20 bits per heavy atom. The van der Waals surface area contributed by atoms with Gasteiger partial charge in [-0.3, -0.25) is 0 Å². The van der Waals surface area contributed by atoms with Gasteiger partial charge in [-0.15, -0.1) is 0 Å². The van der Waals surface area contributed by atoms with Gasteiger partial charge in [-0.1, -0.05) is 0 Å². The summed E-state index contributed by atoms with van der Waals surface area (Å²) in [6.45, 7) is 1.57. The molecule has 0 amide bonds. The van der Waals surface area contributed by atoms with Crippen LogP contribution in [0, 0.1) is 18.3 Å². The zero-order chi connectivity index (χ0) is 11.4. The summed E-state index contributed by atoms with van der Waals surface area (Å²) in [5, 5.41) is 17.5. The fourth-order valence-electron chi connectivity index (χ4n) is 1.20. The number of benzene rings is 1. The number of nitriles is 1. The second kappa shape index (κ2) is 4.18. The zero-order valence-corrected chi connectivity index (χ0v) is 7.81. The number of rotatable bonds is 2. The minimum atomic E-state index is -1.23. The van der Waals surface area contributed by atoms with Gasteiger partial charge in [-0.25, -0.2) is 9.59 Å². The number of nitrogens with zero attached hydrogens (tertiary/aromatic N) is 2. The van der Waals surface area contributed by atoms with Crippen molar-refractivity contribution in [3.8, 4) is 6.07 Å². The van der Waals surface area contributed by atoms with Crippen LogP contribution in [0.3, 0.4) is 0 Å². The largest absolute Gasteiger partial charge is 0.478 e. The van der Waals surface area contributed by atoms with Crippen LogP contribution in [0.5, 0.6) is 0 Å². The summed E-state index contributed by atoms with van der Waals surface area (Å²) in [5.74, 6) is -1.23. The van der Waals surface area contributed by atoms with Crippen molar-refractivity contribution >= 4 is 17.7 Å². The predicted molar refractivity (Wildman–Crippen MR) is 50.6 cm³/mol. The van der Waals surface area contributed by atoms with E-state index in [4.69, 9.17) is 10.4 Å². The molecule has 0 atom stereocenters. The van der Waals surface area contributed by atoms with Crippen LogP contribution < -0.4 is 0 Å². The molecule has 0 unspecified atom stereocenters. The van der Waals surface area contributed by atoms with Gasteiger partial charge in [0.1, 0.15) is 0 Å². The van der Waals surface area contributed by atoms with Crippen molar-refractivity contribution in [2.24, 2.45) is 4.99 Å². The van der Waals surface area contributed by atoms with E-state index in [2.05, 4.69) is 4.99 Å². The normalized spacial score (nSPS) is 8.80. The van der Waals surface area contributed by atoms with Gasteiger partial charge >= 0.3 is 5.97 Å². The van der Waals surface area contributed by atoms with Gasteiger partial charge in [0, 0.05) is 0 Å². The van der Waals surface area contributed by atoms with Gasteiger partial charge in [-0.05, 0) is 24.6 Å². The topological polar surface area (TPSA) is 90.5 Å². The standard InChI is InChI=1S/C10H6N2O3/c1-6-2-7(4-11)3-8(10(14)15)9(6)12-5-13/h2-3H,1H3,(H,14,15). The summed E-state index contributed by atoms with van der Waals surface area (Å²) in [4.78, 5) is 24.2. The van der Waals surface area contributed by atoms with E-state index >= 15 is 0 Å². The lowest BCUT2D eigenvalue weighted by Crippen LogP contribution is -1.99. The maximum atomic E-state index is 10.8. The maximum Gasteiger partial charge on any atom is 0.337 e. The van der Waals surface area contributed by atoms with Crippen LogP contribution in [0.25, 0.3) is 0 Å². The molecule has 0 aliphatic rings. The molecule has 0 saturated carbocycles. The summed E-state index contributed by atoms with van der Waals surface area (Å²) in [5.41, 5.74) is 0.538. The van der Waals surface area contributed by atoms with Crippen LogP contribution in [-0.2, 0) is 4.79 Å². The Kier molecular flexibility index (Phi) is 2.97. The van der Waals surface area contributed by atoms with Crippen LogP contribution in [0.4, 0.5) is 5.69 Å². The summed E-state index contributed by atoms with van der Waals surface area (Å²) >= 11 is 0. The van der Waals surface area contributed by atoms with Crippen molar-refractivity contribution in [2.75, 3.05) is 0 Å². The first-order valence-electron chi connectivity index (χ1n) is 3.96.